The average molecular weight is 1040 g/mol. The number of hydrogen-bond acceptors (Lipinski definition) is 16. The molecule has 1 aliphatic carbocycles. The number of nitro groups is 1. The average Bonchev–Trinajstić information content (AvgIpc) is 3.85. The monoisotopic (exact) mass is 1040 g/mol. The van der Waals surface area contributed by atoms with Crippen molar-refractivity contribution in [1.82, 2.24) is 14.9 Å². The Morgan fingerprint density at radius 3 is 2.50 bits per heavy atom. The summed E-state index contributed by atoms with van der Waals surface area (Å²) in [6.07, 6.45) is 5.09. The molecule has 74 heavy (non-hydrogen) atoms. The van der Waals surface area contributed by atoms with Gasteiger partial charge in [-0.15, -0.1) is 0 Å². The van der Waals surface area contributed by atoms with Gasteiger partial charge in [-0.1, -0.05) is 18.2 Å². The maximum absolute atomic E-state index is 16.3. The van der Waals surface area contributed by atoms with E-state index in [4.69, 9.17) is 39.1 Å². The maximum atomic E-state index is 16.3. The summed E-state index contributed by atoms with van der Waals surface area (Å²) >= 11 is 0. The van der Waals surface area contributed by atoms with Crippen molar-refractivity contribution in [3.05, 3.63) is 88.1 Å². The minimum absolute atomic E-state index is 0.00319. The van der Waals surface area contributed by atoms with Crippen LogP contribution in [0, 0.1) is 15.5 Å². The van der Waals surface area contributed by atoms with Crippen molar-refractivity contribution >= 4 is 55.2 Å². The number of carbonyl (C=O) groups excluding carboxylic acids is 1. The number of hydrogen-bond donors (Lipinski definition) is 3. The number of primary amides is 1. The van der Waals surface area contributed by atoms with Gasteiger partial charge in [0.25, 0.3) is 11.6 Å². The number of para-hydroxylation sites is 1. The van der Waals surface area contributed by atoms with E-state index in [-0.39, 0.29) is 90.3 Å². The second-order valence-corrected chi connectivity index (χ2v) is 23.1. The number of aromatic nitrogens is 2. The molecule has 0 unspecified atom stereocenters. The molecule has 1 amide bonds. The Morgan fingerprint density at radius 2 is 1.73 bits per heavy atom. The highest BCUT2D eigenvalue weighted by molar-refractivity contribution is 7.91. The van der Waals surface area contributed by atoms with Crippen molar-refractivity contribution in [2.24, 2.45) is 11.1 Å². The van der Waals surface area contributed by atoms with E-state index in [1.807, 2.05) is 49.1 Å². The van der Waals surface area contributed by atoms with E-state index in [9.17, 15) is 14.9 Å². The number of amides is 1. The standard InChI is InChI=1S/C53H61FN8O11S/c1-31(2)72-42-6-4-3-5-35(42)41-28-70-22-18-60(41)33-26-52(27-33)11-16-59(17-12-52)38-8-7-36(49(55)63)47(61-37-10-19-69-29-44(37)73-51-40(61)23-32-9-15-56-50(32)58-51)48(38)74(66,67)34-24-39(62(64)65)46-43(25-34)71-30-45(57-46)53(54)13-20-68-21-14-53/h3-9,15,23-25,31,33,37,41,44-45,57H,10-14,16-22,26-30H2,1-2H3,(H2,55,63)(H,56,58)/t37-,41-,44-,45+/m0/s1. The van der Waals surface area contributed by atoms with Crippen LogP contribution in [0.15, 0.2) is 76.7 Å². The number of fused-ring (bicyclic) bond motifs is 4. The number of morpholine rings is 1. The van der Waals surface area contributed by atoms with Crippen molar-refractivity contribution in [3.63, 3.8) is 0 Å². The molecular weight excluding hydrogens is 976 g/mol. The number of rotatable bonds is 11. The number of anilines is 4. The Labute approximate surface area is 427 Å². The number of nitrogens with zero attached hydrogens (tertiary/aromatic N) is 5. The highest BCUT2D eigenvalue weighted by Gasteiger charge is 2.52. The molecule has 4 saturated heterocycles. The summed E-state index contributed by atoms with van der Waals surface area (Å²) < 4.78 is 84.9. The summed E-state index contributed by atoms with van der Waals surface area (Å²) in [6.45, 7) is 7.66. The first kappa shape index (κ1) is 48.7. The summed E-state index contributed by atoms with van der Waals surface area (Å²) in [5.41, 5.74) is 6.11. The van der Waals surface area contributed by atoms with Crippen molar-refractivity contribution in [1.29, 1.82) is 0 Å². The van der Waals surface area contributed by atoms with Crippen molar-refractivity contribution in [2.75, 3.05) is 81.0 Å². The van der Waals surface area contributed by atoms with Gasteiger partial charge in [-0.3, -0.25) is 19.8 Å². The third kappa shape index (κ3) is 8.43. The van der Waals surface area contributed by atoms with Gasteiger partial charge in [0.15, 0.2) is 11.4 Å². The fourth-order valence-corrected chi connectivity index (χ4v) is 14.4. The van der Waals surface area contributed by atoms with Gasteiger partial charge < -0.3 is 54.3 Å². The van der Waals surface area contributed by atoms with Crippen LogP contribution in [-0.4, -0.2) is 136 Å². The van der Waals surface area contributed by atoms with Crippen molar-refractivity contribution in [3.8, 4) is 17.4 Å². The first-order valence-corrected chi connectivity index (χ1v) is 27.2. The maximum Gasteiger partial charge on any atom is 0.297 e. The van der Waals surface area contributed by atoms with Gasteiger partial charge in [-0.05, 0) is 81.7 Å². The quantitative estimate of drug-likeness (QED) is 0.0866. The van der Waals surface area contributed by atoms with Crippen LogP contribution in [0.1, 0.15) is 80.8 Å². The predicted octanol–water partition coefficient (Wildman–Crippen LogP) is 7.39. The van der Waals surface area contributed by atoms with Crippen LogP contribution < -0.4 is 35.1 Å². The topological polar surface area (TPSA) is 226 Å². The zero-order valence-corrected chi connectivity index (χ0v) is 42.2. The molecular formula is C53H61FN8O11S. The van der Waals surface area contributed by atoms with Crippen LogP contribution in [0.5, 0.6) is 17.4 Å². The molecule has 3 aromatic carbocycles. The normalized spacial score (nSPS) is 24.7. The molecule has 12 rings (SSSR count). The zero-order chi connectivity index (χ0) is 51.1. The second kappa shape index (κ2) is 18.8. The molecule has 392 valence electrons. The number of carbonyl (C=O) groups is 1. The van der Waals surface area contributed by atoms with Crippen LogP contribution in [0.4, 0.5) is 32.8 Å². The van der Waals surface area contributed by atoms with Gasteiger partial charge in [0.1, 0.15) is 40.4 Å². The molecule has 21 heteroatoms. The number of aromatic amines is 1. The van der Waals surface area contributed by atoms with E-state index in [2.05, 4.69) is 26.2 Å². The smallest absolute Gasteiger partial charge is 0.297 e. The molecule has 8 heterocycles. The minimum atomic E-state index is -4.87. The lowest BCUT2D eigenvalue weighted by atomic mass is 9.59. The summed E-state index contributed by atoms with van der Waals surface area (Å²) in [5, 5.41) is 16.8. The zero-order valence-electron chi connectivity index (χ0n) is 41.4. The van der Waals surface area contributed by atoms with E-state index in [0.717, 1.165) is 49.6 Å². The first-order valence-electron chi connectivity index (χ1n) is 25.8. The number of ether oxygens (including phenoxy) is 6. The Balaban J connectivity index is 0.942. The van der Waals surface area contributed by atoms with Crippen LogP contribution in [0.3, 0.4) is 0 Å². The number of halogens is 1. The SMILES string of the molecule is CC(C)Oc1ccccc1[C@@H]1COCCN1C1CC2(CCN(c3ccc(C(N)=O)c(N4c5cc6cc[nH]c6nc5O[C@H]5COCC[C@@H]54)c3S(=O)(=O)c3cc4c(c([N+](=O)[O-])c3)N[C@@H](C3(F)CCOCC3)CO4)CC2)C1. The molecule has 5 fully saturated rings. The number of alkyl halides is 1. The molecule has 5 aromatic rings. The number of sulfone groups is 1. The van der Waals surface area contributed by atoms with Crippen molar-refractivity contribution < 1.29 is 50.9 Å². The molecule has 4 N–H and O–H groups in total. The van der Waals surface area contributed by atoms with Crippen LogP contribution in [0.2, 0.25) is 0 Å². The molecule has 1 saturated carbocycles. The number of nitrogens with one attached hydrogen (secondary N) is 2. The number of benzene rings is 3. The predicted molar refractivity (Wildman–Crippen MR) is 272 cm³/mol. The largest absolute Gasteiger partial charge is 0.491 e. The summed E-state index contributed by atoms with van der Waals surface area (Å²) in [5.74, 6) is 0.0683. The summed E-state index contributed by atoms with van der Waals surface area (Å²) in [7, 11) is -4.87. The molecule has 6 aliphatic heterocycles. The highest BCUT2D eigenvalue weighted by Crippen LogP contribution is 2.56. The van der Waals surface area contributed by atoms with Gasteiger partial charge in [0.2, 0.25) is 15.7 Å². The lowest BCUT2D eigenvalue weighted by molar-refractivity contribution is -0.384. The Kier molecular flexibility index (Phi) is 12.4. The second-order valence-electron chi connectivity index (χ2n) is 21.2. The Bertz CT molecular complexity index is 3120. The first-order chi connectivity index (χ1) is 35.7. The fourth-order valence-electron chi connectivity index (χ4n) is 12.7. The Morgan fingerprint density at radius 1 is 0.946 bits per heavy atom. The lowest BCUT2D eigenvalue weighted by Gasteiger charge is -2.57. The van der Waals surface area contributed by atoms with Gasteiger partial charge in [0.05, 0.1) is 70.8 Å². The molecule has 0 bridgehead atoms. The van der Waals surface area contributed by atoms with Gasteiger partial charge >= 0.3 is 0 Å². The third-order valence-corrected chi connectivity index (χ3v) is 18.3. The Hall–Kier alpha value is -6.26. The minimum Gasteiger partial charge on any atom is -0.491 e. The molecule has 2 aromatic heterocycles. The molecule has 1 spiro atoms. The van der Waals surface area contributed by atoms with E-state index in [1.165, 1.54) is 6.07 Å². The molecule has 7 aliphatic rings. The van der Waals surface area contributed by atoms with Crippen LogP contribution >= 0.6 is 0 Å². The molecule has 19 nitrogen and oxygen atoms in total. The number of pyridine rings is 1. The van der Waals surface area contributed by atoms with Crippen molar-refractivity contribution in [2.45, 2.75) is 111 Å². The third-order valence-electron chi connectivity index (χ3n) is 16.5. The van der Waals surface area contributed by atoms with Gasteiger partial charge in [0, 0.05) is 87.6 Å². The molecule has 4 atom stereocenters. The highest BCUT2D eigenvalue weighted by atomic mass is 32.2. The number of piperidine rings is 1. The molecule has 0 radical (unpaired) electrons. The van der Waals surface area contributed by atoms with Gasteiger partial charge in [-0.2, -0.15) is 4.98 Å². The van der Waals surface area contributed by atoms with E-state index < -0.39 is 55.1 Å². The van der Waals surface area contributed by atoms with E-state index >= 15 is 12.8 Å². The lowest BCUT2D eigenvalue weighted by Crippen LogP contribution is -2.58. The number of nitro benzene ring substituents is 1. The van der Waals surface area contributed by atoms with Gasteiger partial charge in [-0.25, -0.2) is 12.8 Å². The van der Waals surface area contributed by atoms with E-state index in [1.54, 1.807) is 18.3 Å². The van der Waals surface area contributed by atoms with Crippen LogP contribution in [0.25, 0.3) is 11.0 Å². The van der Waals surface area contributed by atoms with Crippen LogP contribution in [-0.2, 0) is 24.0 Å². The summed E-state index contributed by atoms with van der Waals surface area (Å²) in [4.78, 5) is 40.0. The summed E-state index contributed by atoms with van der Waals surface area (Å²) in [6, 6.07) is 16.2. The number of nitrogens with two attached hydrogens (primary N) is 1. The number of H-pyrrole nitrogens is 1. The fraction of sp³-hybridized carbons (Fsp3) is 0.509. The van der Waals surface area contributed by atoms with E-state index in [0.29, 0.717) is 67.8 Å².